The van der Waals surface area contributed by atoms with Gasteiger partial charge in [-0.3, -0.25) is 9.48 Å². The topological polar surface area (TPSA) is 83.6 Å². The number of carbonyl (C=O) groups excluding carboxylic acids is 1. The minimum Gasteiger partial charge on any atom is -0.302 e. The van der Waals surface area contributed by atoms with Crippen molar-refractivity contribution < 1.29 is 4.79 Å². The summed E-state index contributed by atoms with van der Waals surface area (Å²) in [6.45, 7) is 6.64. The summed E-state index contributed by atoms with van der Waals surface area (Å²) in [7, 11) is 0. The third-order valence-electron chi connectivity index (χ3n) is 4.68. The van der Waals surface area contributed by atoms with Gasteiger partial charge >= 0.3 is 0 Å². The molecule has 0 fully saturated rings. The summed E-state index contributed by atoms with van der Waals surface area (Å²) in [6, 6.07) is 8.34. The van der Waals surface area contributed by atoms with E-state index in [9.17, 15) is 4.79 Å². The zero-order valence-corrected chi connectivity index (χ0v) is 16.7. The summed E-state index contributed by atoms with van der Waals surface area (Å²) in [5.74, 6) is -0.0478. The van der Waals surface area contributed by atoms with Crippen LogP contribution in [0.25, 0.3) is 10.2 Å². The number of thiazole rings is 1. The van der Waals surface area contributed by atoms with Crippen molar-refractivity contribution in [1.82, 2.24) is 14.8 Å². The first-order chi connectivity index (χ1) is 13.0. The molecule has 0 unspecified atom stereocenters. The van der Waals surface area contributed by atoms with Crippen molar-refractivity contribution in [2.75, 3.05) is 5.32 Å². The number of rotatable bonds is 7. The lowest BCUT2D eigenvalue weighted by Gasteiger charge is -2.04. The lowest BCUT2D eigenvalue weighted by Crippen LogP contribution is -2.12. The van der Waals surface area contributed by atoms with Crippen LogP contribution in [0.3, 0.4) is 0 Å². The molecule has 7 heteroatoms. The van der Waals surface area contributed by atoms with Crippen LogP contribution in [0.2, 0.25) is 0 Å². The SMILES string of the molecule is CCc1ccc2nc(NC(=O)CCc3c(C)nn(CCC#N)c3C)sc2c1. The van der Waals surface area contributed by atoms with Crippen molar-refractivity contribution in [3.63, 3.8) is 0 Å². The lowest BCUT2D eigenvalue weighted by atomic mass is 10.1. The van der Waals surface area contributed by atoms with Gasteiger partial charge in [-0.15, -0.1) is 0 Å². The van der Waals surface area contributed by atoms with Crippen LogP contribution in [-0.2, 0) is 24.2 Å². The van der Waals surface area contributed by atoms with E-state index in [1.807, 2.05) is 24.6 Å². The zero-order valence-electron chi connectivity index (χ0n) is 15.9. The molecule has 0 saturated heterocycles. The second kappa shape index (κ2) is 8.31. The maximum absolute atomic E-state index is 12.4. The number of carbonyl (C=O) groups is 1. The summed E-state index contributed by atoms with van der Waals surface area (Å²) in [5.41, 5.74) is 5.22. The van der Waals surface area contributed by atoms with Gasteiger partial charge in [0.15, 0.2) is 5.13 Å². The van der Waals surface area contributed by atoms with Crippen LogP contribution < -0.4 is 5.32 Å². The third-order valence-corrected chi connectivity index (χ3v) is 5.61. The van der Waals surface area contributed by atoms with E-state index < -0.39 is 0 Å². The van der Waals surface area contributed by atoms with Gasteiger partial charge in [-0.05, 0) is 49.9 Å². The maximum Gasteiger partial charge on any atom is 0.226 e. The van der Waals surface area contributed by atoms with Crippen LogP contribution in [0.5, 0.6) is 0 Å². The quantitative estimate of drug-likeness (QED) is 0.666. The molecule has 0 saturated carbocycles. The van der Waals surface area contributed by atoms with Crippen LogP contribution >= 0.6 is 11.3 Å². The molecule has 0 atom stereocenters. The molecule has 140 valence electrons. The standard InChI is InChI=1S/C20H23N5OS/c1-4-15-6-8-17-18(12-15)27-20(22-17)23-19(26)9-7-16-13(2)24-25(14(16)3)11-5-10-21/h6,8,12H,4-5,7,9,11H2,1-3H3,(H,22,23,26). The van der Waals surface area contributed by atoms with Crippen LogP contribution in [0, 0.1) is 25.2 Å². The zero-order chi connectivity index (χ0) is 19.4. The first kappa shape index (κ1) is 19.1. The van der Waals surface area contributed by atoms with Crippen molar-refractivity contribution in [3.05, 3.63) is 40.7 Å². The Morgan fingerprint density at radius 1 is 1.37 bits per heavy atom. The van der Waals surface area contributed by atoms with Crippen LogP contribution in [0.1, 0.15) is 42.3 Å². The van der Waals surface area contributed by atoms with E-state index in [0.717, 1.165) is 33.6 Å². The summed E-state index contributed by atoms with van der Waals surface area (Å²) >= 11 is 1.51. The molecule has 0 aliphatic rings. The molecule has 1 aromatic carbocycles. The van der Waals surface area contributed by atoms with E-state index in [1.54, 1.807) is 0 Å². The van der Waals surface area contributed by atoms with Crippen LogP contribution in [0.15, 0.2) is 18.2 Å². The smallest absolute Gasteiger partial charge is 0.226 e. The van der Waals surface area contributed by atoms with Crippen molar-refractivity contribution in [2.24, 2.45) is 0 Å². The van der Waals surface area contributed by atoms with Gasteiger partial charge in [0, 0.05) is 12.1 Å². The Hall–Kier alpha value is -2.72. The highest BCUT2D eigenvalue weighted by Crippen LogP contribution is 2.27. The lowest BCUT2D eigenvalue weighted by molar-refractivity contribution is -0.116. The number of fused-ring (bicyclic) bond motifs is 1. The Labute approximate surface area is 162 Å². The molecule has 1 amide bonds. The molecule has 0 aliphatic heterocycles. The summed E-state index contributed by atoms with van der Waals surface area (Å²) in [5, 5.41) is 16.8. The minimum atomic E-state index is -0.0478. The Balaban J connectivity index is 1.63. The molecule has 1 N–H and O–H groups in total. The van der Waals surface area contributed by atoms with Gasteiger partial charge in [0.25, 0.3) is 0 Å². The number of benzene rings is 1. The van der Waals surface area contributed by atoms with E-state index >= 15 is 0 Å². The molecular formula is C20H23N5OS. The first-order valence-corrected chi connectivity index (χ1v) is 9.92. The normalized spacial score (nSPS) is 10.9. The van der Waals surface area contributed by atoms with E-state index in [4.69, 9.17) is 5.26 Å². The van der Waals surface area contributed by atoms with Gasteiger partial charge in [0.1, 0.15) is 0 Å². The van der Waals surface area contributed by atoms with Gasteiger partial charge < -0.3 is 5.32 Å². The van der Waals surface area contributed by atoms with E-state index in [2.05, 4.69) is 40.5 Å². The minimum absolute atomic E-state index is 0.0478. The predicted octanol–water partition coefficient (Wildman–Crippen LogP) is 4.16. The number of aryl methyl sites for hydroxylation is 3. The Morgan fingerprint density at radius 2 is 2.19 bits per heavy atom. The fraction of sp³-hybridized carbons (Fsp3) is 0.400. The second-order valence-electron chi connectivity index (χ2n) is 6.50. The molecule has 0 radical (unpaired) electrons. The number of nitriles is 1. The average molecular weight is 382 g/mol. The first-order valence-electron chi connectivity index (χ1n) is 9.11. The maximum atomic E-state index is 12.4. The highest BCUT2D eigenvalue weighted by molar-refractivity contribution is 7.22. The number of aromatic nitrogens is 3. The fourth-order valence-electron chi connectivity index (χ4n) is 3.13. The van der Waals surface area contributed by atoms with Crippen molar-refractivity contribution in [2.45, 2.75) is 53.0 Å². The highest BCUT2D eigenvalue weighted by atomic mass is 32.1. The molecule has 3 rings (SSSR count). The van der Waals surface area contributed by atoms with Gasteiger partial charge in [-0.1, -0.05) is 24.3 Å². The molecule has 27 heavy (non-hydrogen) atoms. The molecular weight excluding hydrogens is 358 g/mol. The van der Waals surface area contributed by atoms with Gasteiger partial charge in [-0.2, -0.15) is 10.4 Å². The molecule has 0 bridgehead atoms. The summed E-state index contributed by atoms with van der Waals surface area (Å²) in [6.07, 6.45) is 2.41. The number of nitrogens with one attached hydrogen (secondary N) is 1. The Bertz CT molecular complexity index is 1010. The second-order valence-corrected chi connectivity index (χ2v) is 7.53. The highest BCUT2D eigenvalue weighted by Gasteiger charge is 2.14. The molecule has 2 heterocycles. The molecule has 6 nitrogen and oxygen atoms in total. The number of anilines is 1. The van der Waals surface area contributed by atoms with E-state index in [-0.39, 0.29) is 5.91 Å². The monoisotopic (exact) mass is 381 g/mol. The average Bonchev–Trinajstić information content (AvgIpc) is 3.17. The summed E-state index contributed by atoms with van der Waals surface area (Å²) in [4.78, 5) is 16.9. The van der Waals surface area contributed by atoms with Gasteiger partial charge in [0.05, 0.1) is 34.9 Å². The molecule has 2 aromatic heterocycles. The summed E-state index contributed by atoms with van der Waals surface area (Å²) < 4.78 is 2.94. The van der Waals surface area contributed by atoms with E-state index in [0.29, 0.717) is 30.9 Å². The van der Waals surface area contributed by atoms with Crippen molar-refractivity contribution in [1.29, 1.82) is 5.26 Å². The van der Waals surface area contributed by atoms with Gasteiger partial charge in [0.2, 0.25) is 5.91 Å². The largest absolute Gasteiger partial charge is 0.302 e. The third kappa shape index (κ3) is 4.34. The fourth-order valence-corrected chi connectivity index (χ4v) is 4.08. The Morgan fingerprint density at radius 3 is 2.93 bits per heavy atom. The van der Waals surface area contributed by atoms with Crippen molar-refractivity contribution >= 4 is 32.6 Å². The predicted molar refractivity (Wildman–Crippen MR) is 108 cm³/mol. The Kier molecular flexibility index (Phi) is 5.87. The van der Waals surface area contributed by atoms with Crippen LogP contribution in [0.4, 0.5) is 5.13 Å². The van der Waals surface area contributed by atoms with Gasteiger partial charge in [-0.25, -0.2) is 4.98 Å². The van der Waals surface area contributed by atoms with Crippen LogP contribution in [-0.4, -0.2) is 20.7 Å². The molecule has 0 aliphatic carbocycles. The number of nitrogens with zero attached hydrogens (tertiary/aromatic N) is 4. The number of hydrogen-bond donors (Lipinski definition) is 1. The molecule has 0 spiro atoms. The molecule has 3 aromatic rings. The number of hydrogen-bond acceptors (Lipinski definition) is 5. The van der Waals surface area contributed by atoms with E-state index in [1.165, 1.54) is 16.9 Å². The van der Waals surface area contributed by atoms with Crippen molar-refractivity contribution in [3.8, 4) is 6.07 Å². The number of amides is 1.